The molecule has 0 N–H and O–H groups in total. The molecule has 0 saturated heterocycles. The van der Waals surface area contributed by atoms with E-state index in [9.17, 15) is 4.79 Å². The Balaban J connectivity index is 2.06. The molecule has 0 atom stereocenters. The molecule has 0 saturated carbocycles. The lowest BCUT2D eigenvalue weighted by Gasteiger charge is -2.10. The molecule has 4 nitrogen and oxygen atoms in total. The van der Waals surface area contributed by atoms with Crippen molar-refractivity contribution in [3.05, 3.63) is 49.1 Å². The van der Waals surface area contributed by atoms with E-state index in [4.69, 9.17) is 14.2 Å². The van der Waals surface area contributed by atoms with Gasteiger partial charge in [-0.05, 0) is 29.7 Å². The number of ether oxygens (including phenoxy) is 3. The molecule has 2 rings (SSSR count). The summed E-state index contributed by atoms with van der Waals surface area (Å²) in [5, 5.41) is 2.02. The van der Waals surface area contributed by atoms with E-state index in [0.29, 0.717) is 6.61 Å². The lowest BCUT2D eigenvalue weighted by atomic mass is 10.1. The first-order valence-corrected chi connectivity index (χ1v) is 6.23. The molecule has 0 aliphatic carbocycles. The number of methoxy groups -OCH3 is 1. The van der Waals surface area contributed by atoms with Crippen LogP contribution in [0.2, 0.25) is 0 Å². The van der Waals surface area contributed by atoms with Crippen molar-refractivity contribution in [2.45, 2.75) is 0 Å². The Labute approximate surface area is 117 Å². The first kappa shape index (κ1) is 13.9. The Morgan fingerprint density at radius 3 is 2.85 bits per heavy atom. The summed E-state index contributed by atoms with van der Waals surface area (Å²) in [6, 6.07) is 11.5. The summed E-state index contributed by atoms with van der Waals surface area (Å²) in [4.78, 5) is 10.9. The van der Waals surface area contributed by atoms with Crippen LogP contribution in [0.25, 0.3) is 10.8 Å². The predicted molar refractivity (Wildman–Crippen MR) is 77.2 cm³/mol. The maximum absolute atomic E-state index is 10.9. The van der Waals surface area contributed by atoms with Gasteiger partial charge < -0.3 is 14.2 Å². The molecule has 0 aromatic heterocycles. The van der Waals surface area contributed by atoms with Crippen LogP contribution >= 0.6 is 0 Å². The molecular formula is C16H16O4. The first-order valence-electron chi connectivity index (χ1n) is 6.23. The van der Waals surface area contributed by atoms with Gasteiger partial charge in [0.05, 0.1) is 7.11 Å². The van der Waals surface area contributed by atoms with Crippen molar-refractivity contribution in [1.29, 1.82) is 0 Å². The molecule has 0 heterocycles. The second-order valence-corrected chi connectivity index (χ2v) is 4.06. The minimum Gasteiger partial charge on any atom is -0.497 e. The monoisotopic (exact) mass is 272 g/mol. The van der Waals surface area contributed by atoms with Crippen molar-refractivity contribution in [3.63, 3.8) is 0 Å². The second kappa shape index (κ2) is 6.61. The zero-order valence-electron chi connectivity index (χ0n) is 11.3. The van der Waals surface area contributed by atoms with E-state index in [1.54, 1.807) is 7.11 Å². The van der Waals surface area contributed by atoms with Crippen LogP contribution in [-0.4, -0.2) is 26.3 Å². The fraction of sp³-hybridized carbons (Fsp3) is 0.188. The van der Waals surface area contributed by atoms with Crippen molar-refractivity contribution < 1.29 is 19.0 Å². The molecule has 0 aliphatic heterocycles. The number of fused-ring (bicyclic) bond motifs is 1. The van der Waals surface area contributed by atoms with E-state index in [1.807, 2.05) is 36.4 Å². The summed E-state index contributed by atoms with van der Waals surface area (Å²) >= 11 is 0. The Kier molecular flexibility index (Phi) is 4.60. The molecule has 0 fully saturated rings. The van der Waals surface area contributed by atoms with Crippen molar-refractivity contribution >= 4 is 16.7 Å². The number of hydrogen-bond acceptors (Lipinski definition) is 4. The Bertz CT molecular complexity index is 619. The van der Waals surface area contributed by atoms with Gasteiger partial charge in [-0.15, -0.1) is 0 Å². The van der Waals surface area contributed by atoms with Gasteiger partial charge in [-0.1, -0.05) is 18.7 Å². The Morgan fingerprint density at radius 1 is 1.25 bits per heavy atom. The average Bonchev–Trinajstić information content (AvgIpc) is 2.50. The third-order valence-corrected chi connectivity index (χ3v) is 2.80. The maximum Gasteiger partial charge on any atom is 0.330 e. The van der Waals surface area contributed by atoms with Crippen molar-refractivity contribution in [1.82, 2.24) is 0 Å². The smallest absolute Gasteiger partial charge is 0.330 e. The van der Waals surface area contributed by atoms with Crippen LogP contribution in [0.3, 0.4) is 0 Å². The fourth-order valence-corrected chi connectivity index (χ4v) is 1.84. The van der Waals surface area contributed by atoms with Gasteiger partial charge in [0.25, 0.3) is 0 Å². The van der Waals surface area contributed by atoms with Gasteiger partial charge in [0.2, 0.25) is 0 Å². The number of carbonyl (C=O) groups excluding carboxylic acids is 1. The molecule has 0 aliphatic rings. The van der Waals surface area contributed by atoms with E-state index in [-0.39, 0.29) is 6.61 Å². The van der Waals surface area contributed by atoms with Crippen LogP contribution in [0.1, 0.15) is 0 Å². The van der Waals surface area contributed by atoms with Crippen LogP contribution in [0, 0.1) is 0 Å². The zero-order chi connectivity index (χ0) is 14.4. The highest BCUT2D eigenvalue weighted by Gasteiger charge is 2.04. The third kappa shape index (κ3) is 3.29. The van der Waals surface area contributed by atoms with Gasteiger partial charge in [-0.25, -0.2) is 4.79 Å². The maximum atomic E-state index is 10.9. The van der Waals surface area contributed by atoms with Gasteiger partial charge in [-0.2, -0.15) is 0 Å². The lowest BCUT2D eigenvalue weighted by molar-refractivity contribution is -0.138. The molecular weight excluding hydrogens is 256 g/mol. The number of hydrogen-bond donors (Lipinski definition) is 0. The van der Waals surface area contributed by atoms with Crippen LogP contribution in [-0.2, 0) is 9.53 Å². The van der Waals surface area contributed by atoms with Gasteiger partial charge in [0, 0.05) is 11.5 Å². The van der Waals surface area contributed by atoms with E-state index < -0.39 is 5.97 Å². The average molecular weight is 272 g/mol. The minimum absolute atomic E-state index is 0.192. The van der Waals surface area contributed by atoms with Crippen LogP contribution in [0.5, 0.6) is 11.5 Å². The van der Waals surface area contributed by atoms with Crippen LogP contribution in [0.15, 0.2) is 49.1 Å². The summed E-state index contributed by atoms with van der Waals surface area (Å²) in [6.45, 7) is 3.82. The first-order chi connectivity index (χ1) is 9.74. The van der Waals surface area contributed by atoms with Crippen molar-refractivity contribution in [3.8, 4) is 11.5 Å². The van der Waals surface area contributed by atoms with E-state index in [0.717, 1.165) is 28.3 Å². The molecule has 2 aromatic carbocycles. The third-order valence-electron chi connectivity index (χ3n) is 2.80. The molecule has 0 amide bonds. The standard InChI is InChI=1S/C16H16O4/c1-3-16(17)20-10-9-19-15-6-4-5-12-11-13(18-2)7-8-14(12)15/h3-8,11H,1,9-10H2,2H3. The number of benzene rings is 2. The lowest BCUT2D eigenvalue weighted by Crippen LogP contribution is -2.10. The predicted octanol–water partition coefficient (Wildman–Crippen LogP) is 2.96. The van der Waals surface area contributed by atoms with Gasteiger partial charge in [0.15, 0.2) is 0 Å². The van der Waals surface area contributed by atoms with Crippen molar-refractivity contribution in [2.75, 3.05) is 20.3 Å². The summed E-state index contributed by atoms with van der Waals surface area (Å²) in [7, 11) is 1.63. The number of rotatable bonds is 6. The van der Waals surface area contributed by atoms with Crippen LogP contribution in [0.4, 0.5) is 0 Å². The molecule has 0 spiro atoms. The summed E-state index contributed by atoms with van der Waals surface area (Å²) in [5.41, 5.74) is 0. The highest BCUT2D eigenvalue weighted by Crippen LogP contribution is 2.28. The molecule has 4 heteroatoms. The largest absolute Gasteiger partial charge is 0.497 e. The topological polar surface area (TPSA) is 44.8 Å². The quantitative estimate of drug-likeness (QED) is 0.461. The second-order valence-electron chi connectivity index (χ2n) is 4.06. The highest BCUT2D eigenvalue weighted by atomic mass is 16.6. The van der Waals surface area contributed by atoms with Gasteiger partial charge in [0.1, 0.15) is 24.7 Å². The van der Waals surface area contributed by atoms with Crippen LogP contribution < -0.4 is 9.47 Å². The van der Waals surface area contributed by atoms with Gasteiger partial charge in [-0.3, -0.25) is 0 Å². The normalized spacial score (nSPS) is 10.1. The molecule has 2 aromatic rings. The van der Waals surface area contributed by atoms with Gasteiger partial charge >= 0.3 is 5.97 Å². The number of carbonyl (C=O) groups is 1. The molecule has 20 heavy (non-hydrogen) atoms. The highest BCUT2D eigenvalue weighted by molar-refractivity contribution is 5.89. The summed E-state index contributed by atoms with van der Waals surface area (Å²) < 4.78 is 15.7. The molecule has 0 bridgehead atoms. The summed E-state index contributed by atoms with van der Waals surface area (Å²) in [5.74, 6) is 1.10. The molecule has 0 radical (unpaired) electrons. The number of esters is 1. The SMILES string of the molecule is C=CC(=O)OCCOc1cccc2cc(OC)ccc12. The van der Waals surface area contributed by atoms with Crippen molar-refractivity contribution in [2.24, 2.45) is 0 Å². The minimum atomic E-state index is -0.448. The zero-order valence-corrected chi connectivity index (χ0v) is 11.3. The fourth-order valence-electron chi connectivity index (χ4n) is 1.84. The summed E-state index contributed by atoms with van der Waals surface area (Å²) in [6.07, 6.45) is 1.13. The van der Waals surface area contributed by atoms with E-state index in [1.165, 1.54) is 0 Å². The van der Waals surface area contributed by atoms with E-state index in [2.05, 4.69) is 6.58 Å². The van der Waals surface area contributed by atoms with E-state index >= 15 is 0 Å². The Morgan fingerprint density at radius 2 is 2.10 bits per heavy atom. The molecule has 0 unspecified atom stereocenters. The Hall–Kier alpha value is -2.49. The molecule has 104 valence electrons.